The van der Waals surface area contributed by atoms with Crippen molar-refractivity contribution in [3.63, 3.8) is 0 Å². The maximum atomic E-state index is 9.83. The Labute approximate surface area is 125 Å². The lowest BCUT2D eigenvalue weighted by molar-refractivity contribution is -0.176. The maximum Gasteiger partial charge on any atom is 0.163 e. The molecule has 2 rings (SSSR count). The van der Waals surface area contributed by atoms with E-state index in [1.165, 1.54) is 5.56 Å². The summed E-state index contributed by atoms with van der Waals surface area (Å²) in [5, 5.41) is 13.4. The van der Waals surface area contributed by atoms with Gasteiger partial charge in [0.05, 0.1) is 12.1 Å². The fourth-order valence-electron chi connectivity index (χ4n) is 2.64. The van der Waals surface area contributed by atoms with Crippen LogP contribution in [0.3, 0.4) is 0 Å². The fourth-order valence-corrected chi connectivity index (χ4v) is 2.64. The third-order valence-corrected chi connectivity index (χ3v) is 4.08. The Bertz CT molecular complexity index is 490. The first-order chi connectivity index (χ1) is 10.1. The van der Waals surface area contributed by atoms with Crippen molar-refractivity contribution in [2.45, 2.75) is 44.2 Å². The summed E-state index contributed by atoms with van der Waals surface area (Å²) < 4.78 is 5.56. The van der Waals surface area contributed by atoms with Crippen LogP contribution in [0.25, 0.3) is 10.4 Å². The zero-order valence-corrected chi connectivity index (χ0v) is 12.5. The van der Waals surface area contributed by atoms with Crippen molar-refractivity contribution in [1.82, 2.24) is 4.90 Å². The zero-order valence-electron chi connectivity index (χ0n) is 12.5. The third-order valence-electron chi connectivity index (χ3n) is 4.08. The highest BCUT2D eigenvalue weighted by atomic mass is 16.6. The maximum absolute atomic E-state index is 9.83. The van der Waals surface area contributed by atoms with Gasteiger partial charge in [-0.2, -0.15) is 0 Å². The molecule has 1 fully saturated rings. The van der Waals surface area contributed by atoms with E-state index in [-0.39, 0.29) is 12.1 Å². The summed E-state index contributed by atoms with van der Waals surface area (Å²) in [6, 6.07) is 10.1. The van der Waals surface area contributed by atoms with E-state index in [4.69, 9.17) is 10.3 Å². The molecule has 0 spiro atoms. The molecule has 0 aliphatic carbocycles. The van der Waals surface area contributed by atoms with E-state index in [1.807, 2.05) is 25.2 Å². The Balaban J connectivity index is 1.89. The van der Waals surface area contributed by atoms with E-state index < -0.39 is 12.3 Å². The molecule has 1 heterocycles. The molecule has 0 saturated carbocycles. The molecule has 4 atom stereocenters. The van der Waals surface area contributed by atoms with Crippen molar-refractivity contribution in [3.05, 3.63) is 46.3 Å². The average Bonchev–Trinajstić information content (AvgIpc) is 2.50. The Hall–Kier alpha value is -1.59. The highest BCUT2D eigenvalue weighted by Crippen LogP contribution is 2.24. The number of azide groups is 1. The molecule has 1 N–H and O–H groups in total. The van der Waals surface area contributed by atoms with Gasteiger partial charge in [0.15, 0.2) is 6.29 Å². The summed E-state index contributed by atoms with van der Waals surface area (Å²) in [4.78, 5) is 4.95. The van der Waals surface area contributed by atoms with Gasteiger partial charge in [-0.05, 0) is 37.9 Å². The number of hydrogen-bond donors (Lipinski definition) is 1. The molecule has 21 heavy (non-hydrogen) atoms. The molecule has 6 nitrogen and oxygen atoms in total. The van der Waals surface area contributed by atoms with Crippen molar-refractivity contribution >= 4 is 0 Å². The Morgan fingerprint density at radius 3 is 2.76 bits per heavy atom. The average molecular weight is 290 g/mol. The monoisotopic (exact) mass is 290 g/mol. The van der Waals surface area contributed by atoms with Crippen molar-refractivity contribution < 1.29 is 9.84 Å². The number of aliphatic hydroxyl groups excluding tert-OH is 1. The van der Waals surface area contributed by atoms with Gasteiger partial charge in [-0.3, -0.25) is 4.90 Å². The van der Waals surface area contributed by atoms with Gasteiger partial charge in [-0.25, -0.2) is 0 Å². The largest absolute Gasteiger partial charge is 0.368 e. The van der Waals surface area contributed by atoms with Gasteiger partial charge in [-0.1, -0.05) is 35.4 Å². The smallest absolute Gasteiger partial charge is 0.163 e. The molecule has 1 aliphatic heterocycles. The van der Waals surface area contributed by atoms with Crippen LogP contribution < -0.4 is 0 Å². The molecule has 1 saturated heterocycles. The summed E-state index contributed by atoms with van der Waals surface area (Å²) >= 11 is 0. The second-order valence-corrected chi connectivity index (χ2v) is 5.52. The van der Waals surface area contributed by atoms with Crippen LogP contribution in [0.4, 0.5) is 0 Å². The summed E-state index contributed by atoms with van der Waals surface area (Å²) in [5.41, 5.74) is 9.68. The Morgan fingerprint density at radius 2 is 2.14 bits per heavy atom. The third kappa shape index (κ3) is 4.19. The summed E-state index contributed by atoms with van der Waals surface area (Å²) in [6.07, 6.45) is 0.400. The molecule has 6 heteroatoms. The highest BCUT2D eigenvalue weighted by Gasteiger charge is 2.30. The Morgan fingerprint density at radius 1 is 1.43 bits per heavy atom. The van der Waals surface area contributed by atoms with E-state index in [0.29, 0.717) is 6.42 Å². The van der Waals surface area contributed by atoms with Crippen LogP contribution in [0.15, 0.2) is 35.4 Å². The van der Waals surface area contributed by atoms with Crippen LogP contribution in [0.2, 0.25) is 0 Å². The van der Waals surface area contributed by atoms with Gasteiger partial charge in [0, 0.05) is 17.5 Å². The quantitative estimate of drug-likeness (QED) is 0.514. The number of hydrogen-bond acceptors (Lipinski definition) is 4. The van der Waals surface area contributed by atoms with Gasteiger partial charge >= 0.3 is 0 Å². The highest BCUT2D eigenvalue weighted by molar-refractivity contribution is 5.18. The molecule has 0 aromatic heterocycles. The topological polar surface area (TPSA) is 81.5 Å². The molecule has 0 bridgehead atoms. The minimum absolute atomic E-state index is 0.0405. The van der Waals surface area contributed by atoms with Crippen LogP contribution in [0.5, 0.6) is 0 Å². The first-order valence-corrected chi connectivity index (χ1v) is 7.24. The normalized spacial score (nSPS) is 27.1. The standard InChI is InChI=1S/C15H22N4O2/c1-11(12-6-4-3-5-7-12)19(2)10-13-8-9-14(17-18-16)15(20)21-13/h3-7,11,13-15,20H,8-10H2,1-2H3/t11-,13+,14-,15+/m1/s1. The lowest BCUT2D eigenvalue weighted by atomic mass is 10.0. The van der Waals surface area contributed by atoms with Crippen molar-refractivity contribution in [3.8, 4) is 0 Å². The van der Waals surface area contributed by atoms with Gasteiger partial charge < -0.3 is 9.84 Å². The van der Waals surface area contributed by atoms with Crippen LogP contribution >= 0.6 is 0 Å². The van der Waals surface area contributed by atoms with E-state index in [9.17, 15) is 5.11 Å². The number of likely N-dealkylation sites (N-methyl/N-ethyl adjacent to an activating group) is 1. The summed E-state index contributed by atoms with van der Waals surface area (Å²) in [6.45, 7) is 2.88. The van der Waals surface area contributed by atoms with E-state index in [1.54, 1.807) is 0 Å². The Kier molecular flexibility index (Phi) is 5.59. The lowest BCUT2D eigenvalue weighted by Crippen LogP contribution is -2.42. The van der Waals surface area contributed by atoms with Gasteiger partial charge in [0.2, 0.25) is 0 Å². The molecule has 0 unspecified atom stereocenters. The molecular weight excluding hydrogens is 268 g/mol. The number of ether oxygens (including phenoxy) is 1. The first-order valence-electron chi connectivity index (χ1n) is 7.24. The van der Waals surface area contributed by atoms with Crippen molar-refractivity contribution in [2.24, 2.45) is 5.11 Å². The SMILES string of the molecule is C[C@H](c1ccccc1)N(C)C[C@@H]1CC[C@@H](N=[N+]=[N-])[C@@H](O)O1. The molecule has 1 aromatic carbocycles. The molecule has 1 aromatic rings. The summed E-state index contributed by atoms with van der Waals surface area (Å²) in [5.74, 6) is 0. The van der Waals surface area contributed by atoms with Crippen molar-refractivity contribution in [2.75, 3.05) is 13.6 Å². The van der Waals surface area contributed by atoms with Crippen molar-refractivity contribution in [1.29, 1.82) is 0 Å². The first kappa shape index (κ1) is 15.8. The van der Waals surface area contributed by atoms with Gasteiger partial charge in [0.1, 0.15) is 0 Å². The minimum Gasteiger partial charge on any atom is -0.368 e. The predicted molar refractivity (Wildman–Crippen MR) is 80.5 cm³/mol. The summed E-state index contributed by atoms with van der Waals surface area (Å²) in [7, 11) is 2.05. The van der Waals surface area contributed by atoms with Crippen LogP contribution in [0.1, 0.15) is 31.4 Å². The second-order valence-electron chi connectivity index (χ2n) is 5.52. The number of benzene rings is 1. The zero-order chi connectivity index (χ0) is 15.2. The molecule has 1 aliphatic rings. The molecule has 114 valence electrons. The van der Waals surface area contributed by atoms with Gasteiger partial charge in [-0.15, -0.1) is 0 Å². The van der Waals surface area contributed by atoms with E-state index in [0.717, 1.165) is 13.0 Å². The molecule has 0 radical (unpaired) electrons. The molecule has 0 amide bonds. The fraction of sp³-hybridized carbons (Fsp3) is 0.600. The lowest BCUT2D eigenvalue weighted by Gasteiger charge is -2.35. The van der Waals surface area contributed by atoms with E-state index >= 15 is 0 Å². The van der Waals surface area contributed by atoms with Crippen LogP contribution in [-0.4, -0.2) is 42.0 Å². The van der Waals surface area contributed by atoms with Gasteiger partial charge in [0.25, 0.3) is 0 Å². The van der Waals surface area contributed by atoms with Crippen LogP contribution in [0, 0.1) is 0 Å². The number of nitrogens with zero attached hydrogens (tertiary/aromatic N) is 4. The molecular formula is C15H22N4O2. The van der Waals surface area contributed by atoms with Crippen LogP contribution in [-0.2, 0) is 4.74 Å². The number of aliphatic hydroxyl groups is 1. The predicted octanol–water partition coefficient (Wildman–Crippen LogP) is 2.86. The second kappa shape index (κ2) is 7.43. The van der Waals surface area contributed by atoms with E-state index in [2.05, 4.69) is 34.0 Å². The number of rotatable bonds is 5. The minimum atomic E-state index is -1.000.